The number of nitrogen functional groups attached to an aromatic ring is 1. The van der Waals surface area contributed by atoms with E-state index in [1.165, 1.54) is 24.4 Å². The molecule has 0 saturated carbocycles. The Balaban J connectivity index is 2.25. The molecule has 18 heavy (non-hydrogen) atoms. The second-order valence-corrected chi connectivity index (χ2v) is 4.17. The van der Waals surface area contributed by atoms with Crippen LogP contribution in [-0.2, 0) is 0 Å². The van der Waals surface area contributed by atoms with Crippen molar-refractivity contribution in [3.05, 3.63) is 46.4 Å². The maximum absolute atomic E-state index is 13.3. The maximum Gasteiger partial charge on any atom is 0.322 e. The van der Waals surface area contributed by atoms with E-state index in [-0.39, 0.29) is 23.3 Å². The van der Waals surface area contributed by atoms with Crippen molar-refractivity contribution in [3.8, 4) is 11.8 Å². The average molecular weight is 311 g/mol. The molecule has 0 aliphatic heterocycles. The lowest BCUT2D eigenvalue weighted by Crippen LogP contribution is -2.13. The molecule has 0 bridgehead atoms. The number of aromatic nitrogens is 2. The summed E-state index contributed by atoms with van der Waals surface area (Å²) >= 11 is 3.04. The molecule has 2 aromatic rings. The first-order chi connectivity index (χ1) is 8.56. The molecule has 0 saturated heterocycles. The van der Waals surface area contributed by atoms with Gasteiger partial charge in [-0.15, -0.1) is 0 Å². The Kier molecular flexibility index (Phi) is 3.52. The van der Waals surface area contributed by atoms with Crippen molar-refractivity contribution in [2.75, 3.05) is 0 Å². The first-order valence-electron chi connectivity index (χ1n) is 4.86. The van der Waals surface area contributed by atoms with E-state index in [2.05, 4.69) is 25.9 Å². The van der Waals surface area contributed by atoms with Crippen molar-refractivity contribution in [2.45, 2.75) is 0 Å². The van der Waals surface area contributed by atoms with Crippen LogP contribution in [0.15, 0.2) is 34.9 Å². The van der Waals surface area contributed by atoms with Crippen molar-refractivity contribution in [1.82, 2.24) is 9.97 Å². The summed E-state index contributed by atoms with van der Waals surface area (Å²) in [6.07, 6.45) is 1.41. The number of hydrogen-bond donors (Lipinski definition) is 2. The van der Waals surface area contributed by atoms with E-state index in [0.717, 1.165) is 0 Å². The number of hydrogen-bond acceptors (Lipinski definition) is 4. The molecule has 0 spiro atoms. The quantitative estimate of drug-likeness (QED) is 0.673. The molecule has 1 aromatic carbocycles. The number of nitrogens with one attached hydrogen (secondary N) is 1. The topological polar surface area (TPSA) is 84.9 Å². The van der Waals surface area contributed by atoms with Gasteiger partial charge in [0.1, 0.15) is 23.1 Å². The van der Waals surface area contributed by atoms with Gasteiger partial charge in [0.25, 0.3) is 0 Å². The molecule has 1 heterocycles. The van der Waals surface area contributed by atoms with Crippen LogP contribution in [-0.4, -0.2) is 15.8 Å². The third-order valence-corrected chi connectivity index (χ3v) is 2.65. The van der Waals surface area contributed by atoms with Crippen LogP contribution in [0.4, 0.5) is 4.39 Å². The maximum atomic E-state index is 13.3. The second-order valence-electron chi connectivity index (χ2n) is 3.32. The van der Waals surface area contributed by atoms with Crippen LogP contribution in [0.3, 0.4) is 0 Å². The van der Waals surface area contributed by atoms with Crippen LogP contribution < -0.4 is 10.5 Å². The minimum absolute atomic E-state index is 0.00409. The van der Waals surface area contributed by atoms with Gasteiger partial charge in [-0.1, -0.05) is 0 Å². The third-order valence-electron chi connectivity index (χ3n) is 2.01. The van der Waals surface area contributed by atoms with Gasteiger partial charge in [0.2, 0.25) is 0 Å². The lowest BCUT2D eigenvalue weighted by atomic mass is 10.3. The Morgan fingerprint density at radius 2 is 2.17 bits per heavy atom. The lowest BCUT2D eigenvalue weighted by molar-refractivity contribution is 0.437. The van der Waals surface area contributed by atoms with Crippen LogP contribution in [0.1, 0.15) is 5.69 Å². The summed E-state index contributed by atoms with van der Waals surface area (Å²) in [6, 6.07) is 5.77. The summed E-state index contributed by atoms with van der Waals surface area (Å²) < 4.78 is 18.9. The third kappa shape index (κ3) is 2.80. The van der Waals surface area contributed by atoms with Crippen molar-refractivity contribution >= 4 is 21.8 Å². The summed E-state index contributed by atoms with van der Waals surface area (Å²) in [5.74, 6) is -0.379. The van der Waals surface area contributed by atoms with Crippen LogP contribution in [0.25, 0.3) is 0 Å². The number of halogens is 2. The number of amidine groups is 1. The highest BCUT2D eigenvalue weighted by molar-refractivity contribution is 9.10. The van der Waals surface area contributed by atoms with Gasteiger partial charge in [-0.25, -0.2) is 9.37 Å². The van der Waals surface area contributed by atoms with Gasteiger partial charge in [0.15, 0.2) is 0 Å². The van der Waals surface area contributed by atoms with E-state index in [1.54, 1.807) is 6.07 Å². The van der Waals surface area contributed by atoms with Crippen LogP contribution in [0, 0.1) is 11.2 Å². The average Bonchev–Trinajstić information content (AvgIpc) is 2.34. The minimum atomic E-state index is -0.449. The van der Waals surface area contributed by atoms with Gasteiger partial charge >= 0.3 is 6.01 Å². The standard InChI is InChI=1S/C11H8BrFN4O/c12-7-2-1-6(5-8(7)13)18-11-16-4-3-9(17-11)10(14)15/h1-5H,(H3,14,15). The predicted octanol–water partition coefficient (Wildman–Crippen LogP) is 2.45. The van der Waals surface area contributed by atoms with Gasteiger partial charge in [-0.2, -0.15) is 4.98 Å². The summed E-state index contributed by atoms with van der Waals surface area (Å²) in [5.41, 5.74) is 5.54. The molecule has 0 atom stereocenters. The molecular formula is C11H8BrFN4O. The monoisotopic (exact) mass is 310 g/mol. The fraction of sp³-hybridized carbons (Fsp3) is 0. The van der Waals surface area contributed by atoms with Crippen molar-refractivity contribution in [1.29, 1.82) is 5.41 Å². The molecular weight excluding hydrogens is 303 g/mol. The highest BCUT2D eigenvalue weighted by Gasteiger charge is 2.06. The van der Waals surface area contributed by atoms with Crippen LogP contribution in [0.2, 0.25) is 0 Å². The van der Waals surface area contributed by atoms with E-state index in [4.69, 9.17) is 15.9 Å². The van der Waals surface area contributed by atoms with Crippen LogP contribution in [0.5, 0.6) is 11.8 Å². The Labute approximate surface area is 110 Å². The molecule has 7 heteroatoms. The molecule has 0 aliphatic rings. The molecule has 3 N–H and O–H groups in total. The normalized spacial score (nSPS) is 10.1. The Bertz CT molecular complexity index is 605. The van der Waals surface area contributed by atoms with Gasteiger partial charge in [0, 0.05) is 12.3 Å². The largest absolute Gasteiger partial charge is 0.424 e. The smallest absolute Gasteiger partial charge is 0.322 e. The zero-order valence-corrected chi connectivity index (χ0v) is 10.6. The molecule has 0 radical (unpaired) electrons. The molecule has 1 aromatic heterocycles. The van der Waals surface area contributed by atoms with E-state index in [0.29, 0.717) is 4.47 Å². The predicted molar refractivity (Wildman–Crippen MR) is 67.2 cm³/mol. The number of rotatable bonds is 3. The minimum Gasteiger partial charge on any atom is -0.424 e. The van der Waals surface area contributed by atoms with E-state index < -0.39 is 5.82 Å². The molecule has 2 rings (SSSR count). The first-order valence-corrected chi connectivity index (χ1v) is 5.66. The van der Waals surface area contributed by atoms with Crippen molar-refractivity contribution in [2.24, 2.45) is 5.73 Å². The number of nitrogens with zero attached hydrogens (tertiary/aromatic N) is 2. The van der Waals surface area contributed by atoms with Gasteiger partial charge in [-0.05, 0) is 34.1 Å². The molecule has 0 unspecified atom stereocenters. The SMILES string of the molecule is N=C(N)c1ccnc(Oc2ccc(Br)c(F)c2)n1. The van der Waals surface area contributed by atoms with Crippen LogP contribution >= 0.6 is 15.9 Å². The molecule has 92 valence electrons. The molecule has 0 amide bonds. The highest BCUT2D eigenvalue weighted by atomic mass is 79.9. The fourth-order valence-electron chi connectivity index (χ4n) is 1.19. The van der Waals surface area contributed by atoms with E-state index in [9.17, 15) is 4.39 Å². The Morgan fingerprint density at radius 3 is 2.83 bits per heavy atom. The number of ether oxygens (including phenoxy) is 1. The molecule has 0 fully saturated rings. The first kappa shape index (κ1) is 12.4. The summed E-state index contributed by atoms with van der Waals surface area (Å²) in [5, 5.41) is 7.24. The van der Waals surface area contributed by atoms with E-state index >= 15 is 0 Å². The second kappa shape index (κ2) is 5.09. The number of benzene rings is 1. The molecule has 0 aliphatic carbocycles. The zero-order valence-electron chi connectivity index (χ0n) is 9.02. The van der Waals surface area contributed by atoms with E-state index in [1.807, 2.05) is 0 Å². The van der Waals surface area contributed by atoms with Gasteiger partial charge in [-0.3, -0.25) is 5.41 Å². The van der Waals surface area contributed by atoms with Gasteiger partial charge in [0.05, 0.1) is 4.47 Å². The molecule has 5 nitrogen and oxygen atoms in total. The summed E-state index contributed by atoms with van der Waals surface area (Å²) in [6.45, 7) is 0. The Hall–Kier alpha value is -2.02. The van der Waals surface area contributed by atoms with Crippen molar-refractivity contribution in [3.63, 3.8) is 0 Å². The number of nitrogens with two attached hydrogens (primary N) is 1. The summed E-state index contributed by atoms with van der Waals surface area (Å²) in [7, 11) is 0. The Morgan fingerprint density at radius 1 is 1.39 bits per heavy atom. The van der Waals surface area contributed by atoms with Gasteiger partial charge < -0.3 is 10.5 Å². The zero-order chi connectivity index (χ0) is 13.1. The van der Waals surface area contributed by atoms with Crippen molar-refractivity contribution < 1.29 is 9.13 Å². The highest BCUT2D eigenvalue weighted by Crippen LogP contribution is 2.23. The lowest BCUT2D eigenvalue weighted by Gasteiger charge is -2.05. The summed E-state index contributed by atoms with van der Waals surface area (Å²) in [4.78, 5) is 7.75. The fourth-order valence-corrected chi connectivity index (χ4v) is 1.43.